The van der Waals surface area contributed by atoms with Crippen LogP contribution in [0, 0.1) is 0 Å². The summed E-state index contributed by atoms with van der Waals surface area (Å²) < 4.78 is 15.8. The van der Waals surface area contributed by atoms with Crippen molar-refractivity contribution in [2.45, 2.75) is 0 Å². The Hall–Kier alpha value is -3.48. The second-order valence-corrected chi connectivity index (χ2v) is 5.41. The molecule has 0 saturated carbocycles. The van der Waals surface area contributed by atoms with Crippen LogP contribution in [0.4, 0.5) is 0 Å². The second-order valence-electron chi connectivity index (χ2n) is 5.41. The summed E-state index contributed by atoms with van der Waals surface area (Å²) in [7, 11) is 4.72. The Balaban J connectivity index is 1.80. The molecule has 0 atom stereocenters. The number of hydrogen-bond donors (Lipinski definition) is 2. The molecule has 0 aliphatic heterocycles. The molecular weight excluding hydrogens is 334 g/mol. The first-order valence-electron chi connectivity index (χ1n) is 7.87. The lowest BCUT2D eigenvalue weighted by Gasteiger charge is -2.04. The van der Waals surface area contributed by atoms with Crippen LogP contribution in [0.3, 0.4) is 0 Å². The van der Waals surface area contributed by atoms with Gasteiger partial charge < -0.3 is 19.2 Å². The van der Waals surface area contributed by atoms with Crippen molar-refractivity contribution < 1.29 is 19.0 Å². The summed E-state index contributed by atoms with van der Waals surface area (Å²) >= 11 is 0. The van der Waals surface area contributed by atoms with E-state index in [0.717, 1.165) is 16.5 Å². The SMILES string of the molecule is COc1cc(OC)c2cc(C(=O)N/N=C\c3ccccc3OC)[nH]c2c1. The zero-order valence-corrected chi connectivity index (χ0v) is 14.7. The first kappa shape index (κ1) is 17.3. The van der Waals surface area contributed by atoms with Gasteiger partial charge in [0.15, 0.2) is 0 Å². The largest absolute Gasteiger partial charge is 0.497 e. The van der Waals surface area contributed by atoms with Gasteiger partial charge in [0.2, 0.25) is 0 Å². The highest BCUT2D eigenvalue weighted by Gasteiger charge is 2.13. The van der Waals surface area contributed by atoms with E-state index in [1.54, 1.807) is 39.5 Å². The van der Waals surface area contributed by atoms with Crippen LogP contribution in [-0.2, 0) is 0 Å². The van der Waals surface area contributed by atoms with Crippen molar-refractivity contribution in [2.24, 2.45) is 5.10 Å². The average molecular weight is 353 g/mol. The number of fused-ring (bicyclic) bond motifs is 1. The molecule has 3 rings (SSSR count). The van der Waals surface area contributed by atoms with Crippen molar-refractivity contribution in [3.8, 4) is 17.2 Å². The third-order valence-electron chi connectivity index (χ3n) is 3.88. The minimum absolute atomic E-state index is 0.365. The molecule has 0 spiro atoms. The molecule has 0 aliphatic rings. The molecule has 0 bridgehead atoms. The summed E-state index contributed by atoms with van der Waals surface area (Å²) in [5.41, 5.74) is 4.36. The van der Waals surface area contributed by atoms with Crippen LogP contribution in [0.5, 0.6) is 17.2 Å². The van der Waals surface area contributed by atoms with E-state index < -0.39 is 0 Å². The Bertz CT molecular complexity index is 963. The Labute approximate surface area is 150 Å². The van der Waals surface area contributed by atoms with Gasteiger partial charge in [-0.25, -0.2) is 5.43 Å². The summed E-state index contributed by atoms with van der Waals surface area (Å²) in [6, 6.07) is 12.7. The van der Waals surface area contributed by atoms with Gasteiger partial charge in [-0.05, 0) is 18.2 Å². The summed E-state index contributed by atoms with van der Waals surface area (Å²) in [5.74, 6) is 1.56. The normalized spacial score (nSPS) is 10.9. The summed E-state index contributed by atoms with van der Waals surface area (Å²) in [4.78, 5) is 15.4. The second kappa shape index (κ2) is 7.60. The van der Waals surface area contributed by atoms with Crippen LogP contribution in [-0.4, -0.2) is 38.4 Å². The summed E-state index contributed by atoms with van der Waals surface area (Å²) in [5, 5.41) is 4.78. The zero-order chi connectivity index (χ0) is 18.5. The molecule has 0 aliphatic carbocycles. The highest BCUT2D eigenvalue weighted by molar-refractivity contribution is 6.00. The van der Waals surface area contributed by atoms with E-state index in [1.807, 2.05) is 24.3 Å². The van der Waals surface area contributed by atoms with Gasteiger partial charge in [0, 0.05) is 23.1 Å². The van der Waals surface area contributed by atoms with Gasteiger partial charge in [-0.1, -0.05) is 12.1 Å². The molecule has 0 radical (unpaired) electrons. The number of methoxy groups -OCH3 is 3. The third-order valence-corrected chi connectivity index (χ3v) is 3.88. The maximum atomic E-state index is 12.4. The van der Waals surface area contributed by atoms with Crippen LogP contribution >= 0.6 is 0 Å². The number of ether oxygens (including phenoxy) is 3. The van der Waals surface area contributed by atoms with Gasteiger partial charge in [0.25, 0.3) is 5.91 Å². The topological polar surface area (TPSA) is 84.9 Å². The molecule has 7 heteroatoms. The van der Waals surface area contributed by atoms with E-state index >= 15 is 0 Å². The minimum Gasteiger partial charge on any atom is -0.497 e. The van der Waals surface area contributed by atoms with Gasteiger partial charge in [-0.3, -0.25) is 4.79 Å². The number of carbonyl (C=O) groups excluding carboxylic acids is 1. The number of hydrazone groups is 1. The monoisotopic (exact) mass is 353 g/mol. The molecule has 1 aromatic heterocycles. The lowest BCUT2D eigenvalue weighted by atomic mass is 10.2. The van der Waals surface area contributed by atoms with E-state index in [9.17, 15) is 4.79 Å². The zero-order valence-electron chi connectivity index (χ0n) is 14.7. The Kier molecular flexibility index (Phi) is 5.07. The van der Waals surface area contributed by atoms with E-state index in [2.05, 4.69) is 15.5 Å². The van der Waals surface area contributed by atoms with Crippen LogP contribution in [0.25, 0.3) is 10.9 Å². The van der Waals surface area contributed by atoms with Crippen molar-refractivity contribution in [2.75, 3.05) is 21.3 Å². The number of nitrogens with one attached hydrogen (secondary N) is 2. The highest BCUT2D eigenvalue weighted by Crippen LogP contribution is 2.31. The number of H-pyrrole nitrogens is 1. The number of nitrogens with zero attached hydrogens (tertiary/aromatic N) is 1. The Morgan fingerprint density at radius 2 is 1.81 bits per heavy atom. The first-order valence-corrected chi connectivity index (χ1v) is 7.87. The number of hydrogen-bond acceptors (Lipinski definition) is 5. The molecule has 0 saturated heterocycles. The van der Waals surface area contributed by atoms with E-state index in [4.69, 9.17) is 14.2 Å². The molecule has 0 fully saturated rings. The van der Waals surface area contributed by atoms with Crippen molar-refractivity contribution in [3.05, 3.63) is 53.7 Å². The molecule has 2 aromatic carbocycles. The lowest BCUT2D eigenvalue weighted by Crippen LogP contribution is -2.17. The number of benzene rings is 2. The van der Waals surface area contributed by atoms with Crippen LogP contribution < -0.4 is 19.6 Å². The van der Waals surface area contributed by atoms with Gasteiger partial charge in [0.05, 0.1) is 33.1 Å². The van der Waals surface area contributed by atoms with Crippen LogP contribution in [0.2, 0.25) is 0 Å². The Morgan fingerprint density at radius 1 is 1.04 bits per heavy atom. The maximum absolute atomic E-state index is 12.4. The van der Waals surface area contributed by atoms with Gasteiger partial charge in [-0.2, -0.15) is 5.10 Å². The molecule has 7 nitrogen and oxygen atoms in total. The van der Waals surface area contributed by atoms with Gasteiger partial charge >= 0.3 is 0 Å². The lowest BCUT2D eigenvalue weighted by molar-refractivity contribution is 0.0951. The highest BCUT2D eigenvalue weighted by atomic mass is 16.5. The summed E-state index contributed by atoms with van der Waals surface area (Å²) in [6.07, 6.45) is 1.53. The van der Waals surface area contributed by atoms with E-state index in [0.29, 0.717) is 22.9 Å². The summed E-state index contributed by atoms with van der Waals surface area (Å²) in [6.45, 7) is 0. The minimum atomic E-state index is -0.367. The molecule has 134 valence electrons. The fourth-order valence-electron chi connectivity index (χ4n) is 2.58. The van der Waals surface area contributed by atoms with Crippen molar-refractivity contribution >= 4 is 23.0 Å². The third kappa shape index (κ3) is 3.46. The first-order chi connectivity index (χ1) is 12.7. The number of amides is 1. The number of aromatic amines is 1. The van der Waals surface area contributed by atoms with Gasteiger partial charge in [0.1, 0.15) is 22.9 Å². The number of rotatable bonds is 6. The van der Waals surface area contributed by atoms with Gasteiger partial charge in [-0.15, -0.1) is 0 Å². The van der Waals surface area contributed by atoms with Crippen molar-refractivity contribution in [3.63, 3.8) is 0 Å². The number of carbonyl (C=O) groups is 1. The molecule has 1 amide bonds. The number of para-hydroxylation sites is 1. The Morgan fingerprint density at radius 3 is 2.54 bits per heavy atom. The van der Waals surface area contributed by atoms with Crippen molar-refractivity contribution in [1.29, 1.82) is 0 Å². The predicted molar refractivity (Wildman–Crippen MR) is 99.5 cm³/mol. The quantitative estimate of drug-likeness (QED) is 0.527. The molecule has 26 heavy (non-hydrogen) atoms. The fourth-order valence-corrected chi connectivity index (χ4v) is 2.58. The molecule has 3 aromatic rings. The molecule has 2 N–H and O–H groups in total. The van der Waals surface area contributed by atoms with E-state index in [-0.39, 0.29) is 5.91 Å². The van der Waals surface area contributed by atoms with Crippen LogP contribution in [0.15, 0.2) is 47.6 Å². The smallest absolute Gasteiger partial charge is 0.287 e. The van der Waals surface area contributed by atoms with Crippen molar-refractivity contribution in [1.82, 2.24) is 10.4 Å². The molecule has 1 heterocycles. The molecular formula is C19H19N3O4. The fraction of sp³-hybridized carbons (Fsp3) is 0.158. The standard InChI is InChI=1S/C19H19N3O4/c1-24-13-8-15-14(18(9-13)26-3)10-16(21-15)19(23)22-20-11-12-6-4-5-7-17(12)25-2/h4-11,21H,1-3H3,(H,22,23)/b20-11-. The number of aromatic nitrogens is 1. The molecule has 0 unspecified atom stereocenters. The van der Waals surface area contributed by atoms with E-state index in [1.165, 1.54) is 6.21 Å². The average Bonchev–Trinajstić information content (AvgIpc) is 3.11. The predicted octanol–water partition coefficient (Wildman–Crippen LogP) is 2.96. The maximum Gasteiger partial charge on any atom is 0.287 e. The van der Waals surface area contributed by atoms with Crippen LogP contribution in [0.1, 0.15) is 16.1 Å².